The van der Waals surface area contributed by atoms with Gasteiger partial charge in [-0.2, -0.15) is 0 Å². The molecule has 0 bridgehead atoms. The van der Waals surface area contributed by atoms with E-state index in [2.05, 4.69) is 11.9 Å². The first-order chi connectivity index (χ1) is 5.59. The Bertz CT molecular complexity index is 116. The first kappa shape index (κ1) is 11.6. The highest BCUT2D eigenvalue weighted by atomic mass is 16.3. The van der Waals surface area contributed by atoms with Gasteiger partial charge >= 0.3 is 0 Å². The summed E-state index contributed by atoms with van der Waals surface area (Å²) in [6.07, 6.45) is 2.47. The van der Waals surface area contributed by atoms with Crippen LogP contribution in [0.4, 0.5) is 0 Å². The number of rotatable bonds is 6. The number of likely N-dealkylation sites (N-methyl/N-ethyl adjacent to an activating group) is 1. The zero-order valence-corrected chi connectivity index (χ0v) is 8.25. The van der Waals surface area contributed by atoms with Crippen LogP contribution in [0.3, 0.4) is 0 Å². The summed E-state index contributed by atoms with van der Waals surface area (Å²) in [5.41, 5.74) is 0. The quantitative estimate of drug-likeness (QED) is 0.346. The summed E-state index contributed by atoms with van der Waals surface area (Å²) in [6.45, 7) is 6.27. The third-order valence-electron chi connectivity index (χ3n) is 1.72. The predicted molar refractivity (Wildman–Crippen MR) is 52.0 cm³/mol. The fraction of sp³-hybridized carbons (Fsp3) is 0.778. The molecular formula is C9H20N2O. The number of aliphatic hydroxyl groups is 1. The van der Waals surface area contributed by atoms with Gasteiger partial charge in [0, 0.05) is 6.54 Å². The van der Waals surface area contributed by atoms with Crippen molar-refractivity contribution >= 4 is 0 Å². The summed E-state index contributed by atoms with van der Waals surface area (Å²) in [5, 5.41) is 12.6. The third-order valence-corrected chi connectivity index (χ3v) is 1.72. The van der Waals surface area contributed by atoms with E-state index in [0.29, 0.717) is 0 Å². The molecule has 0 fully saturated rings. The average molecular weight is 172 g/mol. The predicted octanol–water partition coefficient (Wildman–Crippen LogP) is 0.421. The lowest BCUT2D eigenvalue weighted by atomic mass is 10.3. The molecule has 2 atom stereocenters. The van der Waals surface area contributed by atoms with E-state index in [4.69, 9.17) is 0 Å². The molecule has 3 nitrogen and oxygen atoms in total. The Morgan fingerprint density at radius 3 is 2.50 bits per heavy atom. The zero-order valence-electron chi connectivity index (χ0n) is 8.25. The van der Waals surface area contributed by atoms with Crippen molar-refractivity contribution in [2.45, 2.75) is 25.6 Å². The van der Waals surface area contributed by atoms with Gasteiger partial charge in [-0.15, -0.1) is 6.58 Å². The van der Waals surface area contributed by atoms with Crippen molar-refractivity contribution in [3.63, 3.8) is 0 Å². The second-order valence-electron chi connectivity index (χ2n) is 3.18. The van der Waals surface area contributed by atoms with E-state index < -0.39 is 0 Å². The summed E-state index contributed by atoms with van der Waals surface area (Å²) < 4.78 is 0. The Morgan fingerprint density at radius 1 is 1.58 bits per heavy atom. The second kappa shape index (κ2) is 6.17. The minimum absolute atomic E-state index is 0.0324. The molecule has 0 aromatic rings. The molecule has 3 heteroatoms. The maximum atomic E-state index is 9.35. The van der Waals surface area contributed by atoms with Crippen molar-refractivity contribution in [2.75, 3.05) is 20.6 Å². The average Bonchev–Trinajstić information content (AvgIpc) is 1.96. The molecule has 0 aromatic carbocycles. The van der Waals surface area contributed by atoms with Gasteiger partial charge in [-0.3, -0.25) is 10.2 Å². The van der Waals surface area contributed by atoms with Gasteiger partial charge in [-0.25, -0.2) is 0 Å². The molecule has 0 heterocycles. The summed E-state index contributed by atoms with van der Waals surface area (Å²) in [6, 6.07) is 0. The van der Waals surface area contributed by atoms with Gasteiger partial charge in [-0.1, -0.05) is 6.08 Å². The molecule has 0 saturated carbocycles. The minimum Gasteiger partial charge on any atom is -0.390 e. The van der Waals surface area contributed by atoms with Crippen LogP contribution in [0.15, 0.2) is 12.7 Å². The largest absolute Gasteiger partial charge is 0.390 e. The van der Waals surface area contributed by atoms with Crippen LogP contribution in [0, 0.1) is 0 Å². The molecule has 0 spiro atoms. The Labute approximate surface area is 75.1 Å². The van der Waals surface area contributed by atoms with E-state index in [0.717, 1.165) is 13.0 Å². The molecule has 2 unspecified atom stereocenters. The van der Waals surface area contributed by atoms with Crippen LogP contribution >= 0.6 is 0 Å². The topological polar surface area (TPSA) is 35.5 Å². The van der Waals surface area contributed by atoms with Crippen LogP contribution in [0.2, 0.25) is 0 Å². The van der Waals surface area contributed by atoms with Crippen LogP contribution < -0.4 is 5.32 Å². The van der Waals surface area contributed by atoms with Crippen molar-refractivity contribution in [1.29, 1.82) is 0 Å². The van der Waals surface area contributed by atoms with E-state index in [-0.39, 0.29) is 12.3 Å². The molecule has 0 radical (unpaired) electrons. The Morgan fingerprint density at radius 2 is 2.17 bits per heavy atom. The zero-order chi connectivity index (χ0) is 9.56. The first-order valence-corrected chi connectivity index (χ1v) is 4.28. The number of nitrogens with zero attached hydrogens (tertiary/aromatic N) is 1. The van der Waals surface area contributed by atoms with E-state index in [1.54, 1.807) is 6.92 Å². The van der Waals surface area contributed by atoms with E-state index in [1.165, 1.54) is 0 Å². The highest BCUT2D eigenvalue weighted by Crippen LogP contribution is 1.95. The van der Waals surface area contributed by atoms with Gasteiger partial charge in [0.1, 0.15) is 0 Å². The maximum absolute atomic E-state index is 9.35. The molecule has 2 N–H and O–H groups in total. The number of hydrogen-bond donors (Lipinski definition) is 2. The van der Waals surface area contributed by atoms with Crippen LogP contribution in [0.1, 0.15) is 13.3 Å². The molecule has 12 heavy (non-hydrogen) atoms. The van der Waals surface area contributed by atoms with Gasteiger partial charge in [0.05, 0.1) is 12.3 Å². The van der Waals surface area contributed by atoms with Crippen LogP contribution in [-0.2, 0) is 0 Å². The van der Waals surface area contributed by atoms with Gasteiger partial charge in [0.15, 0.2) is 0 Å². The Hall–Kier alpha value is -0.380. The van der Waals surface area contributed by atoms with Gasteiger partial charge < -0.3 is 5.11 Å². The smallest absolute Gasteiger partial charge is 0.0857 e. The second-order valence-corrected chi connectivity index (χ2v) is 3.18. The molecule has 0 aromatic heterocycles. The minimum atomic E-state index is -0.357. The summed E-state index contributed by atoms with van der Waals surface area (Å²) >= 11 is 0. The van der Waals surface area contributed by atoms with E-state index >= 15 is 0 Å². The van der Waals surface area contributed by atoms with Crippen molar-refractivity contribution < 1.29 is 5.11 Å². The SMILES string of the molecule is C=CCCNC(C(C)O)N(C)C. The van der Waals surface area contributed by atoms with Gasteiger partial charge in [-0.05, 0) is 27.4 Å². The van der Waals surface area contributed by atoms with E-state index in [1.807, 2.05) is 25.1 Å². The number of hydrogen-bond acceptors (Lipinski definition) is 3. The molecule has 72 valence electrons. The first-order valence-electron chi connectivity index (χ1n) is 4.28. The highest BCUT2D eigenvalue weighted by molar-refractivity contribution is 4.73. The lowest BCUT2D eigenvalue weighted by Crippen LogP contribution is -2.48. The van der Waals surface area contributed by atoms with Crippen LogP contribution in [0.5, 0.6) is 0 Å². The molecular weight excluding hydrogens is 152 g/mol. The maximum Gasteiger partial charge on any atom is 0.0857 e. The molecule has 0 amide bonds. The van der Waals surface area contributed by atoms with Crippen molar-refractivity contribution in [3.8, 4) is 0 Å². The lowest BCUT2D eigenvalue weighted by molar-refractivity contribution is 0.0703. The lowest BCUT2D eigenvalue weighted by Gasteiger charge is -2.27. The summed E-state index contributed by atoms with van der Waals surface area (Å²) in [4.78, 5) is 1.97. The molecule has 0 aliphatic carbocycles. The standard InChI is InChI=1S/C9H20N2O/c1-5-6-7-10-9(8(2)12)11(3)4/h5,8-10,12H,1,6-7H2,2-4H3. The molecule has 0 saturated heterocycles. The Balaban J connectivity index is 3.71. The molecule has 0 aliphatic heterocycles. The summed E-state index contributed by atoms with van der Waals surface area (Å²) in [7, 11) is 3.89. The van der Waals surface area contributed by atoms with Crippen molar-refractivity contribution in [3.05, 3.63) is 12.7 Å². The molecule has 0 aliphatic rings. The Kier molecular flexibility index (Phi) is 5.98. The molecule has 0 rings (SSSR count). The summed E-state index contributed by atoms with van der Waals surface area (Å²) in [5.74, 6) is 0. The third kappa shape index (κ3) is 4.49. The van der Waals surface area contributed by atoms with Crippen molar-refractivity contribution in [2.24, 2.45) is 0 Å². The monoisotopic (exact) mass is 172 g/mol. The van der Waals surface area contributed by atoms with Crippen LogP contribution in [0.25, 0.3) is 0 Å². The fourth-order valence-electron chi connectivity index (χ4n) is 1.12. The number of nitrogens with one attached hydrogen (secondary N) is 1. The highest BCUT2D eigenvalue weighted by Gasteiger charge is 2.15. The normalized spacial score (nSPS) is 16.1. The van der Waals surface area contributed by atoms with Gasteiger partial charge in [0.25, 0.3) is 0 Å². The van der Waals surface area contributed by atoms with Crippen molar-refractivity contribution in [1.82, 2.24) is 10.2 Å². The fourth-order valence-corrected chi connectivity index (χ4v) is 1.12. The van der Waals surface area contributed by atoms with Crippen LogP contribution in [-0.4, -0.2) is 42.9 Å². The number of aliphatic hydroxyl groups excluding tert-OH is 1. The van der Waals surface area contributed by atoms with Gasteiger partial charge in [0.2, 0.25) is 0 Å². The van der Waals surface area contributed by atoms with E-state index in [9.17, 15) is 5.11 Å².